The summed E-state index contributed by atoms with van der Waals surface area (Å²) < 4.78 is 35.7. The van der Waals surface area contributed by atoms with Gasteiger partial charge in [-0.15, -0.1) is 0 Å². The quantitative estimate of drug-likeness (QED) is 0.472. The molecule has 0 bridgehead atoms. The molecule has 0 radical (unpaired) electrons. The second-order valence-corrected chi connectivity index (χ2v) is 6.33. The van der Waals surface area contributed by atoms with Crippen molar-refractivity contribution in [2.75, 3.05) is 0 Å². The number of hydrogen-bond donors (Lipinski definition) is 1. The third-order valence-corrected chi connectivity index (χ3v) is 4.36. The molecule has 4 rings (SSSR count). The Bertz CT molecular complexity index is 1140. The van der Waals surface area contributed by atoms with E-state index in [1.807, 2.05) is 22.6 Å². The van der Waals surface area contributed by atoms with E-state index in [2.05, 4.69) is 10.1 Å². The summed E-state index contributed by atoms with van der Waals surface area (Å²) in [5.74, 6) is -0.906. The number of benzene rings is 2. The van der Waals surface area contributed by atoms with E-state index in [-0.39, 0.29) is 22.2 Å². The third kappa shape index (κ3) is 2.01. The van der Waals surface area contributed by atoms with Crippen molar-refractivity contribution < 1.29 is 13.3 Å². The summed E-state index contributed by atoms with van der Waals surface area (Å²) in [6, 6.07) is 5.92. The first-order chi connectivity index (χ1) is 11.0. The smallest absolute Gasteiger partial charge is 0.331 e. The van der Waals surface area contributed by atoms with Crippen LogP contribution in [-0.2, 0) is 0 Å². The maximum absolute atomic E-state index is 14.8. The lowest BCUT2D eigenvalue weighted by Crippen LogP contribution is -2.16. The average Bonchev–Trinajstić information content (AvgIpc) is 3.01. The summed E-state index contributed by atoms with van der Waals surface area (Å²) in [4.78, 5) is 14.8. The van der Waals surface area contributed by atoms with Crippen LogP contribution < -0.4 is 5.69 Å². The molecule has 0 unspecified atom stereocenters. The molecule has 0 saturated carbocycles. The molecule has 4 aromatic rings. The Labute approximate surface area is 141 Å². The largest absolute Gasteiger partial charge is 0.360 e. The van der Waals surface area contributed by atoms with Crippen molar-refractivity contribution >= 4 is 44.5 Å². The minimum absolute atomic E-state index is 0.00803. The van der Waals surface area contributed by atoms with Gasteiger partial charge in [-0.3, -0.25) is 4.57 Å². The first-order valence-corrected chi connectivity index (χ1v) is 7.70. The van der Waals surface area contributed by atoms with Gasteiger partial charge in [-0.05, 0) is 53.8 Å². The van der Waals surface area contributed by atoms with Gasteiger partial charge in [0, 0.05) is 8.96 Å². The molecular formula is C15H8F2IN3O2. The van der Waals surface area contributed by atoms with Crippen molar-refractivity contribution in [3.8, 4) is 5.69 Å². The van der Waals surface area contributed by atoms with E-state index in [4.69, 9.17) is 4.52 Å². The minimum Gasteiger partial charge on any atom is -0.360 e. The number of nitrogens with one attached hydrogen (secondary N) is 1. The van der Waals surface area contributed by atoms with Crippen LogP contribution in [0.15, 0.2) is 33.6 Å². The fourth-order valence-electron chi connectivity index (χ4n) is 2.63. The molecule has 2 aromatic carbocycles. The van der Waals surface area contributed by atoms with E-state index in [1.165, 1.54) is 12.1 Å². The zero-order valence-electron chi connectivity index (χ0n) is 11.7. The number of rotatable bonds is 1. The Morgan fingerprint density at radius 2 is 2.09 bits per heavy atom. The maximum Gasteiger partial charge on any atom is 0.331 e. The zero-order chi connectivity index (χ0) is 16.3. The number of H-pyrrole nitrogens is 1. The summed E-state index contributed by atoms with van der Waals surface area (Å²) in [5, 5.41) is 4.14. The van der Waals surface area contributed by atoms with Crippen LogP contribution in [0.3, 0.4) is 0 Å². The van der Waals surface area contributed by atoms with Crippen LogP contribution in [0, 0.1) is 22.1 Å². The second kappa shape index (κ2) is 4.88. The molecule has 0 atom stereocenters. The summed E-state index contributed by atoms with van der Waals surface area (Å²) in [6.45, 7) is 1.65. The van der Waals surface area contributed by atoms with E-state index in [9.17, 15) is 13.6 Å². The molecule has 2 heterocycles. The molecule has 5 nitrogen and oxygen atoms in total. The number of aryl methyl sites for hydroxylation is 1. The molecule has 1 N–H and O–H groups in total. The monoisotopic (exact) mass is 427 g/mol. The molecule has 2 aromatic heterocycles. The number of fused-ring (bicyclic) bond motifs is 2. The lowest BCUT2D eigenvalue weighted by atomic mass is 10.2. The van der Waals surface area contributed by atoms with Gasteiger partial charge in [-0.2, -0.15) is 0 Å². The molecular weight excluding hydrogens is 419 g/mol. The predicted molar refractivity (Wildman–Crippen MR) is 88.8 cm³/mol. The maximum atomic E-state index is 14.8. The minimum atomic E-state index is -0.731. The van der Waals surface area contributed by atoms with Crippen molar-refractivity contribution in [2.24, 2.45) is 0 Å². The van der Waals surface area contributed by atoms with Gasteiger partial charge < -0.3 is 9.51 Å². The van der Waals surface area contributed by atoms with Crippen LogP contribution >= 0.6 is 22.6 Å². The van der Waals surface area contributed by atoms with E-state index in [0.717, 1.165) is 4.57 Å². The number of aromatic amines is 1. The first kappa shape index (κ1) is 14.4. The van der Waals surface area contributed by atoms with Crippen LogP contribution in [0.2, 0.25) is 0 Å². The molecule has 0 aliphatic heterocycles. The van der Waals surface area contributed by atoms with E-state index in [1.54, 1.807) is 19.1 Å². The molecule has 116 valence electrons. The predicted octanol–water partition coefficient (Wildman–Crippen LogP) is 3.65. The van der Waals surface area contributed by atoms with Gasteiger partial charge in [0.15, 0.2) is 11.3 Å². The van der Waals surface area contributed by atoms with Gasteiger partial charge in [-0.25, -0.2) is 13.6 Å². The lowest BCUT2D eigenvalue weighted by molar-refractivity contribution is 0.403. The van der Waals surface area contributed by atoms with Crippen molar-refractivity contribution in [3.05, 3.63) is 55.7 Å². The highest BCUT2D eigenvalue weighted by Gasteiger charge is 2.21. The Hall–Kier alpha value is -2.23. The Morgan fingerprint density at radius 3 is 2.83 bits per heavy atom. The number of nitrogens with zero attached hydrogens (tertiary/aromatic N) is 2. The van der Waals surface area contributed by atoms with Gasteiger partial charge in [-0.1, -0.05) is 5.16 Å². The topological polar surface area (TPSA) is 63.8 Å². The van der Waals surface area contributed by atoms with Crippen LogP contribution in [0.25, 0.3) is 27.6 Å². The normalized spacial score (nSPS) is 11.7. The SMILES string of the molecule is Cc1onc2c(F)c3c(cc12)[nH]c(=O)n3-c1ccc(I)cc1F. The number of hydrogen-bond acceptors (Lipinski definition) is 3. The summed E-state index contributed by atoms with van der Waals surface area (Å²) >= 11 is 1.96. The standard InChI is InChI=1S/C15H8F2IN3O2/c1-6-8-5-10-14(12(17)13(8)20-23-6)21(15(22)19-10)11-3-2-7(18)4-9(11)16/h2-5H,1H3,(H,19,22). The van der Waals surface area contributed by atoms with Crippen LogP contribution in [0.4, 0.5) is 8.78 Å². The van der Waals surface area contributed by atoms with E-state index in [0.29, 0.717) is 14.7 Å². The van der Waals surface area contributed by atoms with Crippen LogP contribution in [-0.4, -0.2) is 14.7 Å². The number of halogens is 3. The Balaban J connectivity index is 2.17. The van der Waals surface area contributed by atoms with Gasteiger partial charge >= 0.3 is 5.69 Å². The average molecular weight is 427 g/mol. The molecule has 0 spiro atoms. The highest BCUT2D eigenvalue weighted by molar-refractivity contribution is 14.1. The van der Waals surface area contributed by atoms with Crippen LogP contribution in [0.5, 0.6) is 0 Å². The Morgan fingerprint density at radius 1 is 1.30 bits per heavy atom. The van der Waals surface area contributed by atoms with Gasteiger partial charge in [0.1, 0.15) is 17.1 Å². The molecule has 0 amide bonds. The first-order valence-electron chi connectivity index (χ1n) is 6.62. The Kier molecular flexibility index (Phi) is 3.05. The molecule has 23 heavy (non-hydrogen) atoms. The lowest BCUT2D eigenvalue weighted by Gasteiger charge is -2.06. The van der Waals surface area contributed by atoms with E-state index < -0.39 is 17.3 Å². The number of imidazole rings is 1. The van der Waals surface area contributed by atoms with E-state index >= 15 is 0 Å². The summed E-state index contributed by atoms with van der Waals surface area (Å²) in [6.07, 6.45) is 0. The zero-order valence-corrected chi connectivity index (χ0v) is 13.8. The molecule has 0 aliphatic rings. The van der Waals surface area contributed by atoms with Crippen molar-refractivity contribution in [1.82, 2.24) is 14.7 Å². The van der Waals surface area contributed by atoms with Crippen LogP contribution in [0.1, 0.15) is 5.76 Å². The van der Waals surface area contributed by atoms with Crippen molar-refractivity contribution in [2.45, 2.75) is 6.92 Å². The fourth-order valence-corrected chi connectivity index (χ4v) is 3.08. The molecule has 8 heteroatoms. The summed E-state index contributed by atoms with van der Waals surface area (Å²) in [7, 11) is 0. The van der Waals surface area contributed by atoms with Crippen molar-refractivity contribution in [1.29, 1.82) is 0 Å². The number of aromatic nitrogens is 3. The third-order valence-electron chi connectivity index (χ3n) is 3.69. The second-order valence-electron chi connectivity index (χ2n) is 5.08. The highest BCUT2D eigenvalue weighted by atomic mass is 127. The van der Waals surface area contributed by atoms with Gasteiger partial charge in [0.25, 0.3) is 0 Å². The molecule has 0 saturated heterocycles. The highest BCUT2D eigenvalue weighted by Crippen LogP contribution is 2.29. The molecule has 0 fully saturated rings. The fraction of sp³-hybridized carbons (Fsp3) is 0.0667. The van der Waals surface area contributed by atoms with Gasteiger partial charge in [0.2, 0.25) is 0 Å². The summed E-state index contributed by atoms with van der Waals surface area (Å²) in [5.41, 5.74) is -0.449. The van der Waals surface area contributed by atoms with Crippen molar-refractivity contribution in [3.63, 3.8) is 0 Å². The molecule has 0 aliphatic carbocycles. The van der Waals surface area contributed by atoms with Gasteiger partial charge in [0.05, 0.1) is 11.2 Å².